The molecule has 2 heterocycles. The summed E-state index contributed by atoms with van der Waals surface area (Å²) in [5.74, 6) is 0.872. The van der Waals surface area contributed by atoms with Crippen molar-refractivity contribution in [3.8, 4) is 0 Å². The summed E-state index contributed by atoms with van der Waals surface area (Å²) in [4.78, 5) is 2.05. The Labute approximate surface area is 129 Å². The molecule has 4 N–H and O–H groups in total. The van der Waals surface area contributed by atoms with Gasteiger partial charge >= 0.3 is 7.05 Å². The molecule has 2 aliphatic rings. The molecule has 2 saturated heterocycles. The van der Waals surface area contributed by atoms with Gasteiger partial charge in [-0.25, -0.2) is 0 Å². The van der Waals surface area contributed by atoms with Gasteiger partial charge in [-0.1, -0.05) is 6.92 Å². The maximum atomic E-state index is 9.41. The van der Waals surface area contributed by atoms with Crippen LogP contribution >= 0.6 is 0 Å². The fourth-order valence-corrected chi connectivity index (χ4v) is 3.10. The van der Waals surface area contributed by atoms with E-state index in [0.29, 0.717) is 30.5 Å². The van der Waals surface area contributed by atoms with Gasteiger partial charge in [0.2, 0.25) is 0 Å². The Morgan fingerprint density at radius 2 is 1.67 bits per heavy atom. The van der Waals surface area contributed by atoms with Crippen LogP contribution in [0, 0.1) is 11.8 Å². The zero-order valence-electron chi connectivity index (χ0n) is 13.8. The van der Waals surface area contributed by atoms with Gasteiger partial charge in [0.1, 0.15) is 0 Å². The average molecular weight is 300 g/mol. The number of piperidine rings is 2. The summed E-state index contributed by atoms with van der Waals surface area (Å²) in [6.07, 6.45) is 4.56. The molecule has 0 radical (unpaired) electrons. The van der Waals surface area contributed by atoms with Gasteiger partial charge in [-0.15, -0.1) is 0 Å². The van der Waals surface area contributed by atoms with Crippen molar-refractivity contribution in [2.24, 2.45) is 11.8 Å². The SMILES string of the molecule is CB(O)N1CC(CO)CCC1C.CC1CCC(CO)CN1. The Kier molecular flexibility index (Phi) is 8.82. The molecular weight excluding hydrogens is 267 g/mol. The molecule has 5 nitrogen and oxygen atoms in total. The molecule has 0 aliphatic carbocycles. The molecule has 0 amide bonds. The number of nitrogens with zero attached hydrogens (tertiary/aromatic N) is 1. The van der Waals surface area contributed by atoms with E-state index in [9.17, 15) is 5.02 Å². The molecule has 2 aliphatic heterocycles. The van der Waals surface area contributed by atoms with E-state index < -0.39 is 0 Å². The lowest BCUT2D eigenvalue weighted by Crippen LogP contribution is -2.49. The largest absolute Gasteiger partial charge is 0.437 e. The molecule has 6 heteroatoms. The molecule has 0 saturated carbocycles. The molecule has 0 bridgehead atoms. The van der Waals surface area contributed by atoms with Crippen molar-refractivity contribution in [1.29, 1.82) is 0 Å². The zero-order valence-corrected chi connectivity index (χ0v) is 13.8. The Bertz CT molecular complexity index is 274. The van der Waals surface area contributed by atoms with Crippen molar-refractivity contribution >= 4 is 7.05 Å². The summed E-state index contributed by atoms with van der Waals surface area (Å²) in [5.41, 5.74) is 0. The molecule has 0 aromatic heterocycles. The maximum absolute atomic E-state index is 9.41. The number of aliphatic hydroxyl groups is 2. The molecule has 2 rings (SSSR count). The Morgan fingerprint density at radius 1 is 1.05 bits per heavy atom. The molecule has 0 aromatic rings. The van der Waals surface area contributed by atoms with Crippen LogP contribution in [0.3, 0.4) is 0 Å². The van der Waals surface area contributed by atoms with E-state index in [1.807, 2.05) is 4.81 Å². The number of hydrogen-bond donors (Lipinski definition) is 4. The second kappa shape index (κ2) is 9.80. The molecular formula is C15H33BN2O3. The van der Waals surface area contributed by atoms with Gasteiger partial charge in [0.05, 0.1) is 0 Å². The summed E-state index contributed by atoms with van der Waals surface area (Å²) in [5, 5.41) is 30.4. The van der Waals surface area contributed by atoms with Gasteiger partial charge in [-0.3, -0.25) is 0 Å². The zero-order chi connectivity index (χ0) is 15.8. The fraction of sp³-hybridized carbons (Fsp3) is 1.00. The fourth-order valence-electron chi connectivity index (χ4n) is 3.10. The first-order valence-electron chi connectivity index (χ1n) is 8.36. The van der Waals surface area contributed by atoms with Crippen LogP contribution in [0.5, 0.6) is 0 Å². The summed E-state index contributed by atoms with van der Waals surface area (Å²) in [7, 11) is -0.380. The minimum absolute atomic E-state index is 0.246. The van der Waals surface area contributed by atoms with Crippen molar-refractivity contribution in [2.45, 2.75) is 58.4 Å². The predicted octanol–water partition coefficient (Wildman–Crippen LogP) is 0.556. The van der Waals surface area contributed by atoms with Gasteiger partial charge in [-0.2, -0.15) is 0 Å². The first-order chi connectivity index (χ1) is 9.97. The van der Waals surface area contributed by atoms with Crippen LogP contribution in [0.15, 0.2) is 0 Å². The highest BCUT2D eigenvalue weighted by Gasteiger charge is 2.29. The first kappa shape index (κ1) is 18.9. The van der Waals surface area contributed by atoms with Crippen molar-refractivity contribution in [3.05, 3.63) is 0 Å². The number of rotatable bonds is 3. The second-order valence-electron chi connectivity index (χ2n) is 6.74. The highest BCUT2D eigenvalue weighted by atomic mass is 16.3. The molecule has 0 aromatic carbocycles. The lowest BCUT2D eigenvalue weighted by atomic mass is 9.78. The van der Waals surface area contributed by atoms with E-state index in [-0.39, 0.29) is 13.7 Å². The van der Waals surface area contributed by atoms with Gasteiger partial charge in [-0.05, 0) is 63.9 Å². The quantitative estimate of drug-likeness (QED) is 0.573. The molecule has 2 fully saturated rings. The smallest absolute Gasteiger partial charge is 0.376 e. The standard InChI is InChI=1S/C8H18BNO2.C7H15NO/c1-7-3-4-8(6-11)5-10(7)9(2)12;1-6-2-3-7(5-9)4-8-6/h7-8,11-12H,3-6H2,1-2H3;6-9H,2-5H2,1H3. The minimum atomic E-state index is -0.380. The lowest BCUT2D eigenvalue weighted by molar-refractivity contribution is 0.127. The Morgan fingerprint density at radius 3 is 2.14 bits per heavy atom. The second-order valence-corrected chi connectivity index (χ2v) is 6.74. The molecule has 21 heavy (non-hydrogen) atoms. The first-order valence-corrected chi connectivity index (χ1v) is 8.36. The Hall–Kier alpha value is -0.135. The van der Waals surface area contributed by atoms with Crippen LogP contribution in [0.2, 0.25) is 6.82 Å². The summed E-state index contributed by atoms with van der Waals surface area (Å²) < 4.78 is 0. The summed E-state index contributed by atoms with van der Waals surface area (Å²) in [6.45, 7) is 8.52. The summed E-state index contributed by atoms with van der Waals surface area (Å²) >= 11 is 0. The highest BCUT2D eigenvalue weighted by Crippen LogP contribution is 2.21. The van der Waals surface area contributed by atoms with Gasteiger partial charge in [0, 0.05) is 25.8 Å². The van der Waals surface area contributed by atoms with Crippen molar-refractivity contribution in [3.63, 3.8) is 0 Å². The van der Waals surface area contributed by atoms with Crippen LogP contribution in [-0.2, 0) is 0 Å². The third kappa shape index (κ3) is 6.66. The van der Waals surface area contributed by atoms with Crippen molar-refractivity contribution < 1.29 is 15.2 Å². The van der Waals surface area contributed by atoms with E-state index in [1.54, 1.807) is 6.82 Å². The van der Waals surface area contributed by atoms with Crippen LogP contribution in [0.4, 0.5) is 0 Å². The number of aliphatic hydroxyl groups excluding tert-OH is 2. The van der Waals surface area contributed by atoms with E-state index in [4.69, 9.17) is 10.2 Å². The maximum Gasteiger partial charge on any atom is 0.376 e. The molecule has 0 spiro atoms. The molecule has 4 unspecified atom stereocenters. The van der Waals surface area contributed by atoms with Crippen molar-refractivity contribution in [1.82, 2.24) is 10.1 Å². The molecule has 124 valence electrons. The van der Waals surface area contributed by atoms with Crippen LogP contribution < -0.4 is 5.32 Å². The number of nitrogens with one attached hydrogen (secondary N) is 1. The highest BCUT2D eigenvalue weighted by molar-refractivity contribution is 6.45. The third-order valence-electron chi connectivity index (χ3n) is 4.79. The third-order valence-corrected chi connectivity index (χ3v) is 4.79. The van der Waals surface area contributed by atoms with Crippen molar-refractivity contribution in [2.75, 3.05) is 26.3 Å². The van der Waals surface area contributed by atoms with Gasteiger partial charge in [0.15, 0.2) is 0 Å². The molecule has 4 atom stereocenters. The van der Waals surface area contributed by atoms with Crippen LogP contribution in [0.1, 0.15) is 39.5 Å². The monoisotopic (exact) mass is 300 g/mol. The van der Waals surface area contributed by atoms with E-state index in [2.05, 4.69) is 19.2 Å². The number of hydrogen-bond acceptors (Lipinski definition) is 5. The topological polar surface area (TPSA) is 76.0 Å². The normalized spacial score (nSPS) is 34.0. The Balaban J connectivity index is 0.000000219. The van der Waals surface area contributed by atoms with E-state index >= 15 is 0 Å². The van der Waals surface area contributed by atoms with E-state index in [0.717, 1.165) is 25.9 Å². The minimum Gasteiger partial charge on any atom is -0.437 e. The van der Waals surface area contributed by atoms with Crippen LogP contribution in [-0.4, -0.2) is 65.5 Å². The van der Waals surface area contributed by atoms with Crippen LogP contribution in [0.25, 0.3) is 0 Å². The predicted molar refractivity (Wildman–Crippen MR) is 87.1 cm³/mol. The summed E-state index contributed by atoms with van der Waals surface area (Å²) in [6, 6.07) is 1.11. The van der Waals surface area contributed by atoms with Gasteiger partial charge < -0.3 is 25.4 Å². The average Bonchev–Trinajstić information content (AvgIpc) is 2.49. The van der Waals surface area contributed by atoms with Gasteiger partial charge in [0.25, 0.3) is 0 Å². The van der Waals surface area contributed by atoms with E-state index in [1.165, 1.54) is 12.8 Å². The lowest BCUT2D eigenvalue weighted by Gasteiger charge is -2.38.